The van der Waals surface area contributed by atoms with Gasteiger partial charge in [0.1, 0.15) is 0 Å². The van der Waals surface area contributed by atoms with Gasteiger partial charge in [0.25, 0.3) is 0 Å². The van der Waals surface area contributed by atoms with Crippen molar-refractivity contribution in [1.82, 2.24) is 9.80 Å². The third kappa shape index (κ3) is 4.09. The summed E-state index contributed by atoms with van der Waals surface area (Å²) in [4.78, 5) is 13.3. The molecule has 2 rings (SSSR count). The van der Waals surface area contributed by atoms with Gasteiger partial charge < -0.3 is 10.6 Å². The molecule has 2 heterocycles. The number of hydrogen-bond donors (Lipinski definition) is 2. The van der Waals surface area contributed by atoms with E-state index in [1.54, 1.807) is 0 Å². The van der Waals surface area contributed by atoms with Gasteiger partial charge in [-0.05, 0) is 27.2 Å². The predicted octanol–water partition coefficient (Wildman–Crippen LogP) is 1.18. The molecule has 0 amide bonds. The highest BCUT2D eigenvalue weighted by molar-refractivity contribution is 5.75. The summed E-state index contributed by atoms with van der Waals surface area (Å²) in [5, 5.41) is 7.45. The Morgan fingerprint density at radius 1 is 1.25 bits per heavy atom. The molecular formula is C12H21F3N4O. The van der Waals surface area contributed by atoms with E-state index in [1.165, 1.54) is 6.42 Å². The van der Waals surface area contributed by atoms with Gasteiger partial charge in [-0.3, -0.25) is 15.1 Å². The van der Waals surface area contributed by atoms with Gasteiger partial charge in [0, 0.05) is 30.7 Å². The smallest absolute Gasteiger partial charge is 0.370 e. The van der Waals surface area contributed by atoms with Crippen LogP contribution in [0, 0.1) is 5.41 Å². The topological polar surface area (TPSA) is 73.4 Å². The number of carbonyl (C=O) groups excluding carboxylic acids is 1. The summed E-state index contributed by atoms with van der Waals surface area (Å²) in [5.41, 5.74) is 5.78. The molecule has 2 atom stereocenters. The monoisotopic (exact) mass is 294 g/mol. The Kier molecular flexibility index (Phi) is 4.68. The zero-order chi connectivity index (χ0) is 15.7. The normalized spacial score (nSPS) is 26.2. The summed E-state index contributed by atoms with van der Waals surface area (Å²) in [6, 6.07) is 1.08. The maximum absolute atomic E-state index is 10.4. The first-order valence-corrected chi connectivity index (χ1v) is 6.36. The molecule has 8 heteroatoms. The van der Waals surface area contributed by atoms with E-state index >= 15 is 0 Å². The molecule has 0 saturated carbocycles. The number of nitrogens with zero attached hydrogens (tertiary/aromatic N) is 2. The van der Waals surface area contributed by atoms with Crippen LogP contribution in [0.2, 0.25) is 0 Å². The summed E-state index contributed by atoms with van der Waals surface area (Å²) in [5.74, 6) is 0.242. The molecule has 2 aliphatic rings. The number of nitrogens with one attached hydrogen (secondary N) is 1. The average Bonchev–Trinajstić information content (AvgIpc) is 2.86. The number of halogens is 3. The van der Waals surface area contributed by atoms with E-state index in [2.05, 4.69) is 25.7 Å². The number of rotatable bonds is 0. The van der Waals surface area contributed by atoms with Crippen molar-refractivity contribution in [3.63, 3.8) is 0 Å². The van der Waals surface area contributed by atoms with Crippen LogP contribution in [0.5, 0.6) is 0 Å². The molecule has 116 valence electrons. The standard InChI is InChI=1S/C10H20N4.C2HF3O/c1-10(2,3)14-6-7-4-8(14)5-13(7)9(11)12;3-2(4,5)1-6/h7-8H,4-6H2,1-3H3,(H3,11,12);1H/t7-,8-;/m0./s1. The lowest BCUT2D eigenvalue weighted by molar-refractivity contribution is -0.156. The van der Waals surface area contributed by atoms with Gasteiger partial charge in [0.05, 0.1) is 0 Å². The zero-order valence-electron chi connectivity index (χ0n) is 11.9. The van der Waals surface area contributed by atoms with Crippen molar-refractivity contribution in [2.45, 2.75) is 51.0 Å². The van der Waals surface area contributed by atoms with Crippen LogP contribution in [0.25, 0.3) is 0 Å². The highest BCUT2D eigenvalue weighted by atomic mass is 19.4. The fourth-order valence-electron chi connectivity index (χ4n) is 2.78. The van der Waals surface area contributed by atoms with Gasteiger partial charge in [-0.2, -0.15) is 13.2 Å². The minimum absolute atomic E-state index is 0.242. The molecule has 0 unspecified atom stereocenters. The van der Waals surface area contributed by atoms with Gasteiger partial charge in [-0.15, -0.1) is 0 Å². The third-order valence-electron chi connectivity index (χ3n) is 3.55. The summed E-state index contributed by atoms with van der Waals surface area (Å²) in [6.07, 6.45) is -4.52. The van der Waals surface area contributed by atoms with Crippen LogP contribution in [0.3, 0.4) is 0 Å². The van der Waals surface area contributed by atoms with Crippen LogP contribution in [-0.2, 0) is 4.79 Å². The molecule has 0 radical (unpaired) electrons. The summed E-state index contributed by atoms with van der Waals surface area (Å²) in [6.45, 7) is 8.77. The molecule has 3 N–H and O–H groups in total. The van der Waals surface area contributed by atoms with Crippen molar-refractivity contribution in [3.8, 4) is 0 Å². The molecule has 0 aromatic rings. The highest BCUT2D eigenvalue weighted by Gasteiger charge is 2.47. The molecular weight excluding hydrogens is 273 g/mol. The number of hydrogen-bond acceptors (Lipinski definition) is 3. The molecule has 0 spiro atoms. The van der Waals surface area contributed by atoms with Crippen LogP contribution in [0.15, 0.2) is 0 Å². The molecule has 5 nitrogen and oxygen atoms in total. The van der Waals surface area contributed by atoms with Gasteiger partial charge in [0.2, 0.25) is 6.29 Å². The van der Waals surface area contributed by atoms with Crippen molar-refractivity contribution < 1.29 is 18.0 Å². The minimum atomic E-state index is -4.64. The van der Waals surface area contributed by atoms with E-state index in [0.717, 1.165) is 13.1 Å². The number of nitrogens with two attached hydrogens (primary N) is 1. The second-order valence-corrected chi connectivity index (χ2v) is 6.06. The quantitative estimate of drug-likeness (QED) is 0.400. The fraction of sp³-hybridized carbons (Fsp3) is 0.833. The molecule has 0 aromatic carbocycles. The first kappa shape index (κ1) is 16.7. The third-order valence-corrected chi connectivity index (χ3v) is 3.55. The Balaban J connectivity index is 0.000000286. The maximum Gasteiger partial charge on any atom is 0.446 e. The number of fused-ring (bicyclic) bond motifs is 2. The Hall–Kier alpha value is -1.31. The van der Waals surface area contributed by atoms with Crippen molar-refractivity contribution in [2.24, 2.45) is 5.73 Å². The summed E-state index contributed by atoms with van der Waals surface area (Å²) >= 11 is 0. The molecule has 0 aromatic heterocycles. The Morgan fingerprint density at radius 2 is 1.75 bits per heavy atom. The van der Waals surface area contributed by atoms with Gasteiger partial charge >= 0.3 is 6.18 Å². The van der Waals surface area contributed by atoms with E-state index in [0.29, 0.717) is 12.1 Å². The first-order chi connectivity index (χ1) is 8.95. The van der Waals surface area contributed by atoms with Crippen LogP contribution in [-0.4, -0.2) is 58.9 Å². The minimum Gasteiger partial charge on any atom is -0.370 e. The van der Waals surface area contributed by atoms with Crippen molar-refractivity contribution in [1.29, 1.82) is 5.41 Å². The van der Waals surface area contributed by atoms with Gasteiger partial charge in [-0.25, -0.2) is 0 Å². The number of aldehydes is 1. The average molecular weight is 294 g/mol. The van der Waals surface area contributed by atoms with Gasteiger partial charge in [0.15, 0.2) is 5.96 Å². The predicted molar refractivity (Wildman–Crippen MR) is 69.4 cm³/mol. The molecule has 2 fully saturated rings. The largest absolute Gasteiger partial charge is 0.446 e. The SMILES string of the molecule is CC(C)(C)N1C[C@@H]2C[C@H]1CN2C(=N)N.O=CC(F)(F)F. The lowest BCUT2D eigenvalue weighted by Gasteiger charge is -2.42. The van der Waals surface area contributed by atoms with E-state index < -0.39 is 12.5 Å². The van der Waals surface area contributed by atoms with Crippen LogP contribution < -0.4 is 5.73 Å². The number of alkyl halides is 3. The summed E-state index contributed by atoms with van der Waals surface area (Å²) in [7, 11) is 0. The number of guanidine groups is 1. The van der Waals surface area contributed by atoms with Crippen LogP contribution >= 0.6 is 0 Å². The van der Waals surface area contributed by atoms with Gasteiger partial charge in [-0.1, -0.05) is 0 Å². The molecule has 20 heavy (non-hydrogen) atoms. The van der Waals surface area contributed by atoms with E-state index in [1.807, 2.05) is 4.90 Å². The van der Waals surface area contributed by atoms with Crippen LogP contribution in [0.4, 0.5) is 13.2 Å². The fourth-order valence-corrected chi connectivity index (χ4v) is 2.78. The molecule has 2 bridgehead atoms. The van der Waals surface area contributed by atoms with Crippen molar-refractivity contribution in [3.05, 3.63) is 0 Å². The molecule has 0 aliphatic carbocycles. The maximum atomic E-state index is 10.4. The lowest BCUT2D eigenvalue weighted by atomic mass is 10.0. The van der Waals surface area contributed by atoms with E-state index in [4.69, 9.17) is 15.9 Å². The Labute approximate surface area is 116 Å². The first-order valence-electron chi connectivity index (χ1n) is 6.36. The summed E-state index contributed by atoms with van der Waals surface area (Å²) < 4.78 is 31.2. The second kappa shape index (κ2) is 5.59. The Bertz CT molecular complexity index is 378. The van der Waals surface area contributed by atoms with E-state index in [-0.39, 0.29) is 11.5 Å². The zero-order valence-corrected chi connectivity index (χ0v) is 11.9. The molecule has 2 aliphatic heterocycles. The lowest BCUT2D eigenvalue weighted by Crippen LogP contribution is -2.55. The highest BCUT2D eigenvalue weighted by Crippen LogP contribution is 2.34. The van der Waals surface area contributed by atoms with Crippen LogP contribution in [0.1, 0.15) is 27.2 Å². The second-order valence-electron chi connectivity index (χ2n) is 6.06. The number of likely N-dealkylation sites (tertiary alicyclic amines) is 2. The number of piperazine rings is 1. The van der Waals surface area contributed by atoms with E-state index in [9.17, 15) is 13.2 Å². The Morgan fingerprint density at radius 3 is 2.00 bits per heavy atom. The molecule has 2 saturated heterocycles. The van der Waals surface area contributed by atoms with Crippen molar-refractivity contribution in [2.75, 3.05) is 13.1 Å². The number of carbonyl (C=O) groups is 1. The van der Waals surface area contributed by atoms with Crippen molar-refractivity contribution >= 4 is 12.2 Å².